The van der Waals surface area contributed by atoms with Gasteiger partial charge < -0.3 is 21.3 Å². The first kappa shape index (κ1) is 43.6. The minimum atomic E-state index is -0.311. The Morgan fingerprint density at radius 1 is 0.362 bits per heavy atom. The third-order valence-electron chi connectivity index (χ3n) is 10.9. The minimum Gasteiger partial charge on any atom is -0.356 e. The Morgan fingerprint density at radius 2 is 0.552 bits per heavy atom. The highest BCUT2D eigenvalue weighted by Crippen LogP contribution is 2.33. The fourth-order valence-corrected chi connectivity index (χ4v) is 7.62. The SMILES string of the molecule is O=C(NCCc1ccc(F)cc1)[C@@H]1CCC[C@H]1C(=O)NCCc1ccc(F)cc1.O=C(NCCc1ccc(F)cc1)[C@H]1CCC[C@@H]1C(=O)NCCc1ccc(F)cc1. The summed E-state index contributed by atoms with van der Waals surface area (Å²) in [6, 6.07) is 24.8. The number of rotatable bonds is 16. The van der Waals surface area contributed by atoms with Crippen LogP contribution in [0.1, 0.15) is 60.8 Å². The number of hydrogen-bond donors (Lipinski definition) is 4. The number of carbonyl (C=O) groups excluding carboxylic acids is 4. The number of halogens is 4. The Morgan fingerprint density at radius 3 is 0.741 bits per heavy atom. The van der Waals surface area contributed by atoms with Gasteiger partial charge in [0, 0.05) is 49.9 Å². The summed E-state index contributed by atoms with van der Waals surface area (Å²) in [7, 11) is 0. The zero-order chi connectivity index (χ0) is 41.3. The third-order valence-corrected chi connectivity index (χ3v) is 10.9. The molecule has 0 aromatic heterocycles. The fraction of sp³-hybridized carbons (Fsp3) is 0.391. The van der Waals surface area contributed by atoms with Crippen molar-refractivity contribution in [1.82, 2.24) is 21.3 Å². The van der Waals surface area contributed by atoms with Crippen LogP contribution in [0.15, 0.2) is 97.1 Å². The van der Waals surface area contributed by atoms with Crippen LogP contribution in [-0.4, -0.2) is 49.8 Å². The molecule has 4 aromatic carbocycles. The lowest BCUT2D eigenvalue weighted by Crippen LogP contribution is -2.40. The lowest BCUT2D eigenvalue weighted by Gasteiger charge is -2.19. The highest BCUT2D eigenvalue weighted by molar-refractivity contribution is 5.89. The monoisotopic (exact) mass is 800 g/mol. The van der Waals surface area contributed by atoms with Crippen molar-refractivity contribution in [3.63, 3.8) is 0 Å². The molecule has 2 fully saturated rings. The molecular weight excluding hydrogens is 749 g/mol. The summed E-state index contributed by atoms with van der Waals surface area (Å²) in [6.07, 6.45) is 7.01. The van der Waals surface area contributed by atoms with Crippen molar-refractivity contribution in [2.24, 2.45) is 23.7 Å². The number of nitrogens with one attached hydrogen (secondary N) is 4. The molecule has 0 bridgehead atoms. The number of carbonyl (C=O) groups is 4. The second kappa shape index (κ2) is 22.4. The van der Waals surface area contributed by atoms with Crippen LogP contribution in [0.25, 0.3) is 0 Å². The summed E-state index contributed by atoms with van der Waals surface area (Å²) >= 11 is 0. The molecule has 6 rings (SSSR count). The molecule has 0 saturated heterocycles. The summed E-state index contributed by atoms with van der Waals surface area (Å²) < 4.78 is 51.8. The van der Waals surface area contributed by atoms with E-state index >= 15 is 0 Å². The summed E-state index contributed by atoms with van der Waals surface area (Å²) in [4.78, 5) is 50.2. The van der Waals surface area contributed by atoms with Crippen LogP contribution in [0.2, 0.25) is 0 Å². The second-order valence-electron chi connectivity index (χ2n) is 15.0. The normalized spacial score (nSPS) is 18.4. The first-order valence-electron chi connectivity index (χ1n) is 20.1. The van der Waals surface area contributed by atoms with Gasteiger partial charge in [-0.1, -0.05) is 61.4 Å². The summed E-state index contributed by atoms with van der Waals surface area (Å²) in [5.41, 5.74) is 3.81. The molecule has 4 aromatic rings. The van der Waals surface area contributed by atoms with Crippen molar-refractivity contribution < 1.29 is 36.7 Å². The molecule has 0 radical (unpaired) electrons. The van der Waals surface area contributed by atoms with E-state index in [4.69, 9.17) is 0 Å². The van der Waals surface area contributed by atoms with E-state index in [1.807, 2.05) is 0 Å². The van der Waals surface area contributed by atoms with Gasteiger partial charge in [0.1, 0.15) is 23.3 Å². The van der Waals surface area contributed by atoms with Gasteiger partial charge in [0.2, 0.25) is 23.6 Å². The molecule has 4 atom stereocenters. The number of benzene rings is 4. The standard InChI is InChI=1S/2C23H26F2N2O2/c2*24-18-8-4-16(5-9-18)12-14-26-22(28)20-2-1-3-21(20)23(29)27-15-13-17-6-10-19(25)11-7-17/h2*4-11,20-21H,1-3,12-15H2,(H,26,28)(H,27,29)/t2*20-,21-/m10/s1. The van der Waals surface area contributed by atoms with Crippen LogP contribution in [0, 0.1) is 46.9 Å². The van der Waals surface area contributed by atoms with E-state index in [1.54, 1.807) is 48.5 Å². The Kier molecular flexibility index (Phi) is 16.9. The van der Waals surface area contributed by atoms with Crippen LogP contribution in [0.4, 0.5) is 17.6 Å². The van der Waals surface area contributed by atoms with Crippen LogP contribution >= 0.6 is 0 Å². The number of hydrogen-bond acceptors (Lipinski definition) is 4. The molecule has 0 heterocycles. The van der Waals surface area contributed by atoms with Gasteiger partial charge >= 0.3 is 0 Å². The average Bonchev–Trinajstić information content (AvgIpc) is 3.93. The van der Waals surface area contributed by atoms with Gasteiger partial charge in [0.15, 0.2) is 0 Å². The largest absolute Gasteiger partial charge is 0.356 e. The molecule has 4 amide bonds. The Hall–Kier alpha value is -5.52. The van der Waals surface area contributed by atoms with Crippen molar-refractivity contribution in [3.05, 3.63) is 143 Å². The maximum absolute atomic E-state index is 12.9. The smallest absolute Gasteiger partial charge is 0.223 e. The molecule has 58 heavy (non-hydrogen) atoms. The number of amides is 4. The van der Waals surface area contributed by atoms with Crippen molar-refractivity contribution in [2.45, 2.75) is 64.2 Å². The topological polar surface area (TPSA) is 116 Å². The van der Waals surface area contributed by atoms with Crippen molar-refractivity contribution in [3.8, 4) is 0 Å². The highest BCUT2D eigenvalue weighted by Gasteiger charge is 2.38. The molecule has 0 spiro atoms. The molecule has 12 heteroatoms. The predicted molar refractivity (Wildman–Crippen MR) is 214 cm³/mol. The fourth-order valence-electron chi connectivity index (χ4n) is 7.62. The van der Waals surface area contributed by atoms with Gasteiger partial charge in [0.25, 0.3) is 0 Å². The average molecular weight is 801 g/mol. The summed E-state index contributed by atoms with van der Waals surface area (Å²) in [5, 5.41) is 11.6. The molecule has 2 aliphatic carbocycles. The van der Waals surface area contributed by atoms with Crippen LogP contribution in [0.3, 0.4) is 0 Å². The summed E-state index contributed by atoms with van der Waals surface area (Å²) in [5.74, 6) is -2.74. The molecule has 8 nitrogen and oxygen atoms in total. The van der Waals surface area contributed by atoms with E-state index in [0.717, 1.165) is 35.1 Å². The Bertz CT molecular complexity index is 1650. The zero-order valence-corrected chi connectivity index (χ0v) is 32.6. The van der Waals surface area contributed by atoms with Gasteiger partial charge in [-0.15, -0.1) is 0 Å². The lowest BCUT2D eigenvalue weighted by atomic mass is 9.94. The maximum atomic E-state index is 12.9. The van der Waals surface area contributed by atoms with E-state index < -0.39 is 0 Å². The van der Waals surface area contributed by atoms with E-state index in [1.165, 1.54) is 48.5 Å². The minimum absolute atomic E-state index is 0.0942. The Balaban J connectivity index is 0.000000221. The predicted octanol–water partition coefficient (Wildman–Crippen LogP) is 6.80. The molecular formula is C46H52F4N4O4. The van der Waals surface area contributed by atoms with E-state index in [2.05, 4.69) is 21.3 Å². The van der Waals surface area contributed by atoms with Gasteiger partial charge in [0.05, 0.1) is 0 Å². The first-order valence-corrected chi connectivity index (χ1v) is 20.1. The first-order chi connectivity index (χ1) is 28.0. The quantitative estimate of drug-likeness (QED) is 0.0934. The third kappa shape index (κ3) is 13.8. The Labute approximate surface area is 337 Å². The van der Waals surface area contributed by atoms with Gasteiger partial charge in [-0.2, -0.15) is 0 Å². The van der Waals surface area contributed by atoms with Crippen LogP contribution in [-0.2, 0) is 44.9 Å². The van der Waals surface area contributed by atoms with Gasteiger partial charge in [-0.05, 0) is 122 Å². The lowest BCUT2D eigenvalue weighted by molar-refractivity contribution is -0.133. The summed E-state index contributed by atoms with van der Waals surface area (Å²) in [6.45, 7) is 1.83. The molecule has 4 N–H and O–H groups in total. The van der Waals surface area contributed by atoms with Crippen molar-refractivity contribution >= 4 is 23.6 Å². The van der Waals surface area contributed by atoms with Gasteiger partial charge in [-0.3, -0.25) is 19.2 Å². The highest BCUT2D eigenvalue weighted by atomic mass is 19.1. The zero-order valence-electron chi connectivity index (χ0n) is 32.6. The van der Waals surface area contributed by atoms with E-state index in [9.17, 15) is 36.7 Å². The van der Waals surface area contributed by atoms with Crippen molar-refractivity contribution in [1.29, 1.82) is 0 Å². The molecule has 2 saturated carbocycles. The van der Waals surface area contributed by atoms with Crippen LogP contribution < -0.4 is 21.3 Å². The van der Waals surface area contributed by atoms with E-state index in [-0.39, 0.29) is 70.6 Å². The molecule has 0 aliphatic heterocycles. The molecule has 0 unspecified atom stereocenters. The second-order valence-corrected chi connectivity index (χ2v) is 15.0. The van der Waals surface area contributed by atoms with Gasteiger partial charge in [-0.25, -0.2) is 17.6 Å². The van der Waals surface area contributed by atoms with E-state index in [0.29, 0.717) is 77.5 Å². The molecule has 2 aliphatic rings. The maximum Gasteiger partial charge on any atom is 0.223 e. The molecule has 308 valence electrons. The van der Waals surface area contributed by atoms with Crippen molar-refractivity contribution in [2.75, 3.05) is 26.2 Å². The van der Waals surface area contributed by atoms with Crippen LogP contribution in [0.5, 0.6) is 0 Å².